The van der Waals surface area contributed by atoms with Gasteiger partial charge >= 0.3 is 0 Å². The van der Waals surface area contributed by atoms with Crippen molar-refractivity contribution in [2.75, 3.05) is 32.1 Å². The molecule has 0 fully saturated rings. The predicted molar refractivity (Wildman–Crippen MR) is 69.6 cm³/mol. The van der Waals surface area contributed by atoms with E-state index >= 15 is 0 Å². The number of aromatic nitrogens is 2. The molecule has 6 nitrogen and oxygen atoms in total. The lowest BCUT2D eigenvalue weighted by Crippen LogP contribution is -2.27. The Bertz CT molecular complexity index is 354. The molecule has 1 aromatic rings. The minimum atomic E-state index is -0.236. The number of methoxy groups -OCH3 is 1. The van der Waals surface area contributed by atoms with Crippen molar-refractivity contribution in [3.63, 3.8) is 0 Å². The molecule has 0 aliphatic heterocycles. The Morgan fingerprint density at radius 2 is 2.17 bits per heavy atom. The molecule has 6 heteroatoms. The minimum Gasteiger partial charge on any atom is -0.383 e. The van der Waals surface area contributed by atoms with E-state index < -0.39 is 0 Å². The maximum absolute atomic E-state index is 11.6. The maximum Gasteiger partial charge on any atom is 0.271 e. The quantitative estimate of drug-likeness (QED) is 0.677. The van der Waals surface area contributed by atoms with E-state index in [1.807, 2.05) is 0 Å². The molecule has 18 heavy (non-hydrogen) atoms. The second kappa shape index (κ2) is 8.41. The Morgan fingerprint density at radius 3 is 2.78 bits per heavy atom. The van der Waals surface area contributed by atoms with Crippen LogP contribution in [0.3, 0.4) is 0 Å². The van der Waals surface area contributed by atoms with Gasteiger partial charge in [0.05, 0.1) is 19.0 Å². The predicted octanol–water partition coefficient (Wildman–Crippen LogP) is 1.06. The van der Waals surface area contributed by atoms with Crippen LogP contribution in [-0.4, -0.2) is 42.7 Å². The van der Waals surface area contributed by atoms with E-state index in [9.17, 15) is 4.79 Å². The molecule has 1 amide bonds. The summed E-state index contributed by atoms with van der Waals surface area (Å²) in [5.74, 6) is 0.455. The molecule has 1 rings (SSSR count). The first kappa shape index (κ1) is 14.4. The number of anilines is 1. The summed E-state index contributed by atoms with van der Waals surface area (Å²) < 4.78 is 4.84. The molecular weight excluding hydrogens is 232 g/mol. The van der Waals surface area contributed by atoms with Gasteiger partial charge in [-0.25, -0.2) is 9.97 Å². The molecule has 0 saturated carbocycles. The SMILES string of the molecule is CCCCNc1cnc(C(=O)NCCOC)cn1. The summed E-state index contributed by atoms with van der Waals surface area (Å²) in [5, 5.41) is 5.82. The Balaban J connectivity index is 2.41. The smallest absolute Gasteiger partial charge is 0.271 e. The van der Waals surface area contributed by atoms with E-state index in [4.69, 9.17) is 4.74 Å². The molecule has 0 aromatic carbocycles. The van der Waals surface area contributed by atoms with E-state index in [1.165, 1.54) is 6.20 Å². The molecule has 0 aliphatic rings. The van der Waals surface area contributed by atoms with Crippen molar-refractivity contribution >= 4 is 11.7 Å². The van der Waals surface area contributed by atoms with Crippen molar-refractivity contribution < 1.29 is 9.53 Å². The molecule has 0 aliphatic carbocycles. The summed E-state index contributed by atoms with van der Waals surface area (Å²) >= 11 is 0. The van der Waals surface area contributed by atoms with E-state index in [0.29, 0.717) is 24.7 Å². The third-order valence-corrected chi connectivity index (χ3v) is 2.31. The Labute approximate surface area is 107 Å². The first-order valence-electron chi connectivity index (χ1n) is 6.11. The number of hydrogen-bond donors (Lipinski definition) is 2. The fraction of sp³-hybridized carbons (Fsp3) is 0.583. The van der Waals surface area contributed by atoms with E-state index in [0.717, 1.165) is 19.4 Å². The van der Waals surface area contributed by atoms with Gasteiger partial charge in [0.1, 0.15) is 11.5 Å². The van der Waals surface area contributed by atoms with Gasteiger partial charge in [-0.05, 0) is 6.42 Å². The van der Waals surface area contributed by atoms with Crippen molar-refractivity contribution in [1.82, 2.24) is 15.3 Å². The highest BCUT2D eigenvalue weighted by Crippen LogP contribution is 2.01. The Kier molecular flexibility index (Phi) is 6.71. The largest absolute Gasteiger partial charge is 0.383 e. The molecule has 0 saturated heterocycles. The minimum absolute atomic E-state index is 0.236. The van der Waals surface area contributed by atoms with Crippen molar-refractivity contribution in [2.24, 2.45) is 0 Å². The van der Waals surface area contributed by atoms with Crippen LogP contribution in [0.1, 0.15) is 30.3 Å². The molecule has 0 bridgehead atoms. The standard InChI is InChI=1S/C12H20N4O2/c1-3-4-5-13-11-9-15-10(8-16-11)12(17)14-6-7-18-2/h8-9H,3-7H2,1-2H3,(H,13,16)(H,14,17). The molecule has 0 atom stereocenters. The van der Waals surface area contributed by atoms with Gasteiger partial charge in [0.2, 0.25) is 0 Å². The lowest BCUT2D eigenvalue weighted by atomic mass is 10.3. The topological polar surface area (TPSA) is 76.1 Å². The molecule has 0 radical (unpaired) electrons. The van der Waals surface area contributed by atoms with Gasteiger partial charge in [-0.2, -0.15) is 0 Å². The number of carbonyl (C=O) groups is 1. The van der Waals surface area contributed by atoms with Gasteiger partial charge < -0.3 is 15.4 Å². The Hall–Kier alpha value is -1.69. The van der Waals surface area contributed by atoms with Gasteiger partial charge in [-0.15, -0.1) is 0 Å². The van der Waals surface area contributed by atoms with Gasteiger partial charge in [-0.1, -0.05) is 13.3 Å². The lowest BCUT2D eigenvalue weighted by molar-refractivity contribution is 0.0932. The van der Waals surface area contributed by atoms with Crippen molar-refractivity contribution in [3.8, 4) is 0 Å². The summed E-state index contributed by atoms with van der Waals surface area (Å²) in [4.78, 5) is 19.8. The van der Waals surface area contributed by atoms with Crippen molar-refractivity contribution in [1.29, 1.82) is 0 Å². The van der Waals surface area contributed by atoms with Crippen LogP contribution in [0.15, 0.2) is 12.4 Å². The van der Waals surface area contributed by atoms with Crippen LogP contribution in [0.2, 0.25) is 0 Å². The fourth-order valence-electron chi connectivity index (χ4n) is 1.29. The van der Waals surface area contributed by atoms with Gasteiger partial charge in [0, 0.05) is 20.2 Å². The number of carbonyl (C=O) groups excluding carboxylic acids is 1. The van der Waals surface area contributed by atoms with E-state index in [2.05, 4.69) is 27.5 Å². The number of unbranched alkanes of at least 4 members (excludes halogenated alkanes) is 1. The van der Waals surface area contributed by atoms with Crippen molar-refractivity contribution in [2.45, 2.75) is 19.8 Å². The summed E-state index contributed by atoms with van der Waals surface area (Å²) in [6.07, 6.45) is 5.25. The van der Waals surface area contributed by atoms with Crippen LogP contribution >= 0.6 is 0 Å². The third kappa shape index (κ3) is 5.09. The molecule has 0 spiro atoms. The average molecular weight is 252 g/mol. The van der Waals surface area contributed by atoms with Crippen LogP contribution in [0.25, 0.3) is 0 Å². The van der Waals surface area contributed by atoms with Gasteiger partial charge in [0.15, 0.2) is 0 Å². The van der Waals surface area contributed by atoms with Crippen LogP contribution < -0.4 is 10.6 Å². The highest BCUT2D eigenvalue weighted by molar-refractivity contribution is 5.91. The van der Waals surface area contributed by atoms with Crippen LogP contribution in [-0.2, 0) is 4.74 Å². The first-order chi connectivity index (χ1) is 8.77. The monoisotopic (exact) mass is 252 g/mol. The number of amides is 1. The zero-order valence-corrected chi connectivity index (χ0v) is 10.9. The van der Waals surface area contributed by atoms with Crippen molar-refractivity contribution in [3.05, 3.63) is 18.1 Å². The maximum atomic E-state index is 11.6. The zero-order chi connectivity index (χ0) is 13.2. The Morgan fingerprint density at radius 1 is 1.33 bits per heavy atom. The number of hydrogen-bond acceptors (Lipinski definition) is 5. The number of ether oxygens (including phenoxy) is 1. The number of nitrogens with zero attached hydrogens (tertiary/aromatic N) is 2. The molecule has 1 aromatic heterocycles. The summed E-state index contributed by atoms with van der Waals surface area (Å²) in [7, 11) is 1.59. The molecule has 100 valence electrons. The average Bonchev–Trinajstić information content (AvgIpc) is 2.40. The normalized spacial score (nSPS) is 10.1. The van der Waals surface area contributed by atoms with E-state index in [1.54, 1.807) is 13.3 Å². The first-order valence-corrected chi connectivity index (χ1v) is 6.11. The molecule has 2 N–H and O–H groups in total. The zero-order valence-electron chi connectivity index (χ0n) is 10.9. The summed E-state index contributed by atoms with van der Waals surface area (Å²) in [6, 6.07) is 0. The third-order valence-electron chi connectivity index (χ3n) is 2.31. The van der Waals surface area contributed by atoms with E-state index in [-0.39, 0.29) is 5.91 Å². The molecular formula is C12H20N4O2. The number of nitrogens with one attached hydrogen (secondary N) is 2. The lowest BCUT2D eigenvalue weighted by Gasteiger charge is -2.06. The van der Waals surface area contributed by atoms with Gasteiger partial charge in [-0.3, -0.25) is 4.79 Å². The highest BCUT2D eigenvalue weighted by atomic mass is 16.5. The number of rotatable bonds is 8. The van der Waals surface area contributed by atoms with Gasteiger partial charge in [0.25, 0.3) is 5.91 Å². The van der Waals surface area contributed by atoms with Crippen LogP contribution in [0.5, 0.6) is 0 Å². The van der Waals surface area contributed by atoms with Crippen LogP contribution in [0, 0.1) is 0 Å². The summed E-state index contributed by atoms with van der Waals surface area (Å²) in [5.41, 5.74) is 0.312. The fourth-order valence-corrected chi connectivity index (χ4v) is 1.29. The second-order valence-corrected chi connectivity index (χ2v) is 3.82. The highest BCUT2D eigenvalue weighted by Gasteiger charge is 2.06. The molecule has 0 unspecified atom stereocenters. The van der Waals surface area contributed by atoms with Crippen LogP contribution in [0.4, 0.5) is 5.82 Å². The molecule has 1 heterocycles. The second-order valence-electron chi connectivity index (χ2n) is 3.82. The summed E-state index contributed by atoms with van der Waals surface area (Å²) in [6.45, 7) is 3.94.